The Morgan fingerprint density at radius 1 is 1.50 bits per heavy atom. The van der Waals surface area contributed by atoms with Gasteiger partial charge in [0, 0.05) is 11.0 Å². The van der Waals surface area contributed by atoms with Gasteiger partial charge in [-0.15, -0.1) is 0 Å². The zero-order valence-corrected chi connectivity index (χ0v) is 11.5. The maximum absolute atomic E-state index is 9.96. The Balaban J connectivity index is 0. The van der Waals surface area contributed by atoms with Crippen molar-refractivity contribution in [2.45, 2.75) is 32.6 Å². The predicted octanol–water partition coefficient (Wildman–Crippen LogP) is -1.56. The summed E-state index contributed by atoms with van der Waals surface area (Å²) >= 11 is 5.71. The summed E-state index contributed by atoms with van der Waals surface area (Å²) < 4.78 is 0. The quantitative estimate of drug-likeness (QED) is 0.520. The summed E-state index contributed by atoms with van der Waals surface area (Å²) in [6, 6.07) is 0. The molecular formula is C8H12ClKO2. The Labute approximate surface area is 121 Å². The molecule has 0 amide bonds. The number of halogens is 1. The average Bonchev–Trinajstić information content (AvgIpc) is 1.87. The first kappa shape index (κ1) is 15.6. The van der Waals surface area contributed by atoms with Crippen molar-refractivity contribution in [3.05, 3.63) is 11.1 Å². The Hall–Kier alpha value is 1.14. The van der Waals surface area contributed by atoms with Crippen molar-refractivity contribution in [3.63, 3.8) is 0 Å². The summed E-state index contributed by atoms with van der Waals surface area (Å²) in [5, 5.41) is 10.7. The van der Waals surface area contributed by atoms with Gasteiger partial charge >= 0.3 is 51.4 Å². The molecule has 0 saturated heterocycles. The molecule has 0 heterocycles. The van der Waals surface area contributed by atoms with E-state index in [1.54, 1.807) is 6.08 Å². The molecule has 0 spiro atoms. The summed E-state index contributed by atoms with van der Waals surface area (Å²) in [6.07, 6.45) is 4.08. The predicted molar refractivity (Wildman–Crippen MR) is 43.1 cm³/mol. The zero-order valence-electron chi connectivity index (χ0n) is 7.60. The van der Waals surface area contributed by atoms with Gasteiger partial charge in [0.2, 0.25) is 0 Å². The molecule has 0 aliphatic heterocycles. The third-order valence-corrected chi connectivity index (χ3v) is 1.55. The first-order valence-electron chi connectivity index (χ1n) is 3.71. The third-order valence-electron chi connectivity index (χ3n) is 1.20. The van der Waals surface area contributed by atoms with E-state index in [1.807, 2.05) is 6.92 Å². The van der Waals surface area contributed by atoms with Crippen LogP contribution >= 0.6 is 11.6 Å². The van der Waals surface area contributed by atoms with Crippen LogP contribution in [0.2, 0.25) is 0 Å². The fraction of sp³-hybridized carbons (Fsp3) is 0.625. The SMILES string of the molecule is CCC/C(Cl)=C/CCC(=O)[O-].[K+]. The fourth-order valence-corrected chi connectivity index (χ4v) is 0.986. The summed E-state index contributed by atoms with van der Waals surface area (Å²) in [4.78, 5) is 9.96. The van der Waals surface area contributed by atoms with E-state index >= 15 is 0 Å². The van der Waals surface area contributed by atoms with E-state index in [4.69, 9.17) is 11.6 Å². The van der Waals surface area contributed by atoms with Crippen molar-refractivity contribution in [2.24, 2.45) is 0 Å². The van der Waals surface area contributed by atoms with Crippen LogP contribution in [0.1, 0.15) is 32.6 Å². The molecule has 0 aliphatic carbocycles. The van der Waals surface area contributed by atoms with Crippen LogP contribution in [0.25, 0.3) is 0 Å². The van der Waals surface area contributed by atoms with Gasteiger partial charge in [-0.3, -0.25) is 0 Å². The average molecular weight is 215 g/mol. The molecule has 0 unspecified atom stereocenters. The van der Waals surface area contributed by atoms with E-state index in [-0.39, 0.29) is 57.8 Å². The van der Waals surface area contributed by atoms with E-state index in [0.29, 0.717) is 6.42 Å². The second-order valence-electron chi connectivity index (χ2n) is 2.31. The molecule has 4 heteroatoms. The van der Waals surface area contributed by atoms with Gasteiger partial charge in [-0.25, -0.2) is 0 Å². The van der Waals surface area contributed by atoms with E-state index in [1.165, 1.54) is 0 Å². The Morgan fingerprint density at radius 3 is 2.50 bits per heavy atom. The second kappa shape index (κ2) is 10.2. The topological polar surface area (TPSA) is 40.1 Å². The van der Waals surface area contributed by atoms with Gasteiger partial charge < -0.3 is 9.90 Å². The van der Waals surface area contributed by atoms with E-state index in [0.717, 1.165) is 17.9 Å². The van der Waals surface area contributed by atoms with Crippen molar-refractivity contribution >= 4 is 17.6 Å². The van der Waals surface area contributed by atoms with Crippen LogP contribution in [0, 0.1) is 0 Å². The fourth-order valence-electron chi connectivity index (χ4n) is 0.688. The molecule has 0 atom stereocenters. The van der Waals surface area contributed by atoms with Crippen molar-refractivity contribution < 1.29 is 61.3 Å². The van der Waals surface area contributed by atoms with Gasteiger partial charge in [0.15, 0.2) is 0 Å². The van der Waals surface area contributed by atoms with E-state index in [9.17, 15) is 9.90 Å². The number of carbonyl (C=O) groups is 1. The molecule has 0 radical (unpaired) electrons. The number of aliphatic carboxylic acids is 1. The van der Waals surface area contributed by atoms with Gasteiger partial charge in [-0.05, 0) is 19.3 Å². The number of hydrogen-bond acceptors (Lipinski definition) is 2. The van der Waals surface area contributed by atoms with Gasteiger partial charge in [-0.2, -0.15) is 0 Å². The van der Waals surface area contributed by atoms with Crippen molar-refractivity contribution in [2.75, 3.05) is 0 Å². The molecular weight excluding hydrogens is 203 g/mol. The van der Waals surface area contributed by atoms with Crippen molar-refractivity contribution in [1.82, 2.24) is 0 Å². The molecule has 0 aromatic carbocycles. The number of rotatable bonds is 5. The summed E-state index contributed by atoms with van der Waals surface area (Å²) in [5.41, 5.74) is 0. The molecule has 2 nitrogen and oxygen atoms in total. The standard InChI is InChI=1S/C8H13ClO2.K/c1-2-4-7(9)5-3-6-8(10)11;/h5H,2-4,6H2,1H3,(H,10,11);/q;+1/p-1/b7-5-;. The Morgan fingerprint density at radius 2 is 2.08 bits per heavy atom. The molecule has 0 aromatic heterocycles. The van der Waals surface area contributed by atoms with Gasteiger partial charge in [-0.1, -0.05) is 31.0 Å². The number of carboxylic acids is 1. The molecule has 0 saturated carbocycles. The van der Waals surface area contributed by atoms with E-state index in [2.05, 4.69) is 0 Å². The minimum atomic E-state index is -1.03. The van der Waals surface area contributed by atoms with Gasteiger partial charge in [0.25, 0.3) is 0 Å². The first-order valence-corrected chi connectivity index (χ1v) is 4.09. The molecule has 0 aromatic rings. The molecule has 64 valence electrons. The smallest absolute Gasteiger partial charge is 0.550 e. The molecule has 0 rings (SSSR count). The number of carboxylic acid groups (broad SMARTS) is 1. The summed E-state index contributed by atoms with van der Waals surface area (Å²) in [6.45, 7) is 2.02. The molecule has 0 N–H and O–H groups in total. The van der Waals surface area contributed by atoms with Crippen LogP contribution in [-0.4, -0.2) is 5.97 Å². The van der Waals surface area contributed by atoms with Crippen LogP contribution in [0.5, 0.6) is 0 Å². The normalized spacial score (nSPS) is 10.7. The van der Waals surface area contributed by atoms with Crippen LogP contribution in [0.15, 0.2) is 11.1 Å². The van der Waals surface area contributed by atoms with Crippen molar-refractivity contribution in [1.29, 1.82) is 0 Å². The molecule has 0 fully saturated rings. The number of hydrogen-bond donors (Lipinski definition) is 0. The van der Waals surface area contributed by atoms with Crippen LogP contribution in [0.3, 0.4) is 0 Å². The van der Waals surface area contributed by atoms with Gasteiger partial charge in [0.1, 0.15) is 0 Å². The zero-order chi connectivity index (χ0) is 8.69. The van der Waals surface area contributed by atoms with E-state index < -0.39 is 5.97 Å². The molecule has 12 heavy (non-hydrogen) atoms. The minimum Gasteiger partial charge on any atom is -0.550 e. The monoisotopic (exact) mass is 214 g/mol. The largest absolute Gasteiger partial charge is 1.00 e. The van der Waals surface area contributed by atoms with Crippen LogP contribution in [0.4, 0.5) is 0 Å². The summed E-state index contributed by atoms with van der Waals surface area (Å²) in [5.74, 6) is -1.03. The Kier molecular flexibility index (Phi) is 13.3. The first-order chi connectivity index (χ1) is 5.16. The van der Waals surface area contributed by atoms with Crippen LogP contribution in [-0.2, 0) is 4.79 Å². The number of allylic oxidation sites excluding steroid dienone is 2. The second-order valence-corrected chi connectivity index (χ2v) is 2.80. The summed E-state index contributed by atoms with van der Waals surface area (Å²) in [7, 11) is 0. The van der Waals surface area contributed by atoms with Crippen molar-refractivity contribution in [3.8, 4) is 0 Å². The third kappa shape index (κ3) is 11.1. The molecule has 0 bridgehead atoms. The maximum Gasteiger partial charge on any atom is 1.00 e. The van der Waals surface area contributed by atoms with Gasteiger partial charge in [0.05, 0.1) is 0 Å². The Bertz CT molecular complexity index is 157. The minimum absolute atomic E-state index is 0. The number of carbonyl (C=O) groups excluding carboxylic acids is 1. The van der Waals surface area contributed by atoms with Crippen LogP contribution < -0.4 is 56.5 Å². The molecule has 0 aliphatic rings. The maximum atomic E-state index is 9.96.